The largest absolute Gasteiger partial charge is 0.239 e. The van der Waals surface area contributed by atoms with Gasteiger partial charge in [0, 0.05) is 6.54 Å². The maximum atomic E-state index is 4.28. The number of unbranched alkanes of at least 4 members (excludes halogenated alkanes) is 1. The summed E-state index contributed by atoms with van der Waals surface area (Å²) in [5.41, 5.74) is 0. The average molecular weight is 339 g/mol. The van der Waals surface area contributed by atoms with E-state index in [1.165, 1.54) is 25.7 Å². The molecule has 0 N–H and O–H groups in total. The zero-order valence-electron chi connectivity index (χ0n) is 9.21. The molecule has 0 fully saturated rings. The first-order valence-corrected chi connectivity index (χ1v) is 7.01. The Morgan fingerprint density at radius 1 is 1.33 bits per heavy atom. The van der Waals surface area contributed by atoms with Crippen molar-refractivity contribution in [2.24, 2.45) is 5.92 Å². The van der Waals surface area contributed by atoms with Gasteiger partial charge in [-0.05, 0) is 44.2 Å². The SMILES string of the molecule is CCCC[C@@H](CC)Cn1nc(Br)nc1Br. The van der Waals surface area contributed by atoms with Gasteiger partial charge in [0.15, 0.2) is 4.73 Å². The smallest absolute Gasteiger partial charge is 0.218 e. The number of nitrogens with zero attached hydrogens (tertiary/aromatic N) is 3. The van der Waals surface area contributed by atoms with Crippen LogP contribution in [0.3, 0.4) is 0 Å². The molecule has 1 aromatic heterocycles. The lowest BCUT2D eigenvalue weighted by Crippen LogP contribution is -2.11. The number of halogens is 2. The number of rotatable bonds is 6. The highest BCUT2D eigenvalue weighted by atomic mass is 79.9. The second-order valence-corrected chi connectivity index (χ2v) is 5.17. The highest BCUT2D eigenvalue weighted by molar-refractivity contribution is 9.11. The Labute approximate surface area is 108 Å². The molecule has 0 amide bonds. The lowest BCUT2D eigenvalue weighted by Gasteiger charge is -2.14. The highest BCUT2D eigenvalue weighted by Gasteiger charge is 2.11. The van der Waals surface area contributed by atoms with Gasteiger partial charge in [-0.3, -0.25) is 0 Å². The zero-order valence-corrected chi connectivity index (χ0v) is 12.4. The van der Waals surface area contributed by atoms with Crippen molar-refractivity contribution in [2.45, 2.75) is 46.1 Å². The summed E-state index contributed by atoms with van der Waals surface area (Å²) < 4.78 is 3.39. The molecule has 0 spiro atoms. The number of hydrogen-bond acceptors (Lipinski definition) is 2. The van der Waals surface area contributed by atoms with Crippen LogP contribution in [-0.2, 0) is 6.54 Å². The topological polar surface area (TPSA) is 30.7 Å². The summed E-state index contributed by atoms with van der Waals surface area (Å²) in [5, 5.41) is 4.28. The van der Waals surface area contributed by atoms with Gasteiger partial charge in [-0.1, -0.05) is 33.1 Å². The van der Waals surface area contributed by atoms with Crippen LogP contribution in [-0.4, -0.2) is 14.8 Å². The lowest BCUT2D eigenvalue weighted by atomic mass is 10.00. The minimum Gasteiger partial charge on any atom is -0.239 e. The molecule has 3 nitrogen and oxygen atoms in total. The normalized spacial score (nSPS) is 13.1. The first kappa shape index (κ1) is 13.2. The van der Waals surface area contributed by atoms with Gasteiger partial charge in [0.25, 0.3) is 0 Å². The lowest BCUT2D eigenvalue weighted by molar-refractivity contribution is 0.367. The van der Waals surface area contributed by atoms with Crippen LogP contribution < -0.4 is 0 Å². The first-order chi connectivity index (χ1) is 7.17. The molecule has 15 heavy (non-hydrogen) atoms. The summed E-state index contributed by atoms with van der Waals surface area (Å²) in [6.07, 6.45) is 5.03. The number of aromatic nitrogens is 3. The van der Waals surface area contributed by atoms with E-state index in [9.17, 15) is 0 Å². The molecular formula is C10H17Br2N3. The van der Waals surface area contributed by atoms with E-state index < -0.39 is 0 Å². The summed E-state index contributed by atoms with van der Waals surface area (Å²) >= 11 is 6.68. The van der Waals surface area contributed by atoms with Crippen molar-refractivity contribution < 1.29 is 0 Å². The maximum absolute atomic E-state index is 4.28. The monoisotopic (exact) mass is 337 g/mol. The van der Waals surface area contributed by atoms with Crippen molar-refractivity contribution >= 4 is 31.9 Å². The predicted octanol–water partition coefficient (Wildman–Crippen LogP) is 4.02. The fourth-order valence-electron chi connectivity index (χ4n) is 1.58. The Balaban J connectivity index is 2.54. The zero-order chi connectivity index (χ0) is 11.3. The quantitative estimate of drug-likeness (QED) is 0.784. The van der Waals surface area contributed by atoms with Crippen molar-refractivity contribution in [2.75, 3.05) is 0 Å². The van der Waals surface area contributed by atoms with Crippen molar-refractivity contribution in [1.29, 1.82) is 0 Å². The molecule has 0 aliphatic rings. The minimum absolute atomic E-state index is 0.653. The molecule has 1 heterocycles. The van der Waals surface area contributed by atoms with E-state index in [4.69, 9.17) is 0 Å². The Morgan fingerprint density at radius 3 is 2.53 bits per heavy atom. The average Bonchev–Trinajstić information content (AvgIpc) is 2.52. The van der Waals surface area contributed by atoms with Crippen LogP contribution in [0.25, 0.3) is 0 Å². The van der Waals surface area contributed by atoms with Crippen molar-refractivity contribution in [3.8, 4) is 0 Å². The van der Waals surface area contributed by atoms with Gasteiger partial charge in [-0.25, -0.2) is 4.68 Å². The van der Waals surface area contributed by atoms with Gasteiger partial charge in [0.2, 0.25) is 4.73 Å². The third kappa shape index (κ3) is 4.23. The van der Waals surface area contributed by atoms with Gasteiger partial charge >= 0.3 is 0 Å². The standard InChI is InChI=1S/C10H17Br2N3/c1-3-5-6-8(4-2)7-15-10(12)13-9(11)14-15/h8H,3-7H2,1-2H3/t8-/m1/s1. The summed E-state index contributed by atoms with van der Waals surface area (Å²) in [6.45, 7) is 5.42. The van der Waals surface area contributed by atoms with Crippen molar-refractivity contribution in [1.82, 2.24) is 14.8 Å². The minimum atomic E-state index is 0.653. The van der Waals surface area contributed by atoms with Crippen LogP contribution in [0.4, 0.5) is 0 Å². The van der Waals surface area contributed by atoms with E-state index in [0.717, 1.165) is 11.3 Å². The molecular weight excluding hydrogens is 322 g/mol. The van der Waals surface area contributed by atoms with E-state index in [1.807, 2.05) is 4.68 Å². The summed E-state index contributed by atoms with van der Waals surface area (Å²) in [6, 6.07) is 0. The second-order valence-electron chi connectivity index (χ2n) is 3.75. The predicted molar refractivity (Wildman–Crippen MR) is 68.7 cm³/mol. The van der Waals surface area contributed by atoms with Crippen LogP contribution >= 0.6 is 31.9 Å². The Bertz CT molecular complexity index is 299. The van der Waals surface area contributed by atoms with E-state index in [0.29, 0.717) is 10.7 Å². The van der Waals surface area contributed by atoms with Gasteiger partial charge in [0.1, 0.15) is 0 Å². The molecule has 0 aliphatic carbocycles. The third-order valence-corrected chi connectivity index (χ3v) is 3.50. The van der Waals surface area contributed by atoms with Gasteiger partial charge < -0.3 is 0 Å². The third-order valence-electron chi connectivity index (χ3n) is 2.58. The molecule has 0 aromatic carbocycles. The van der Waals surface area contributed by atoms with Crippen LogP contribution in [0.2, 0.25) is 0 Å². The fourth-order valence-corrected chi connectivity index (χ4v) is 2.56. The summed E-state index contributed by atoms with van der Waals surface area (Å²) in [7, 11) is 0. The molecule has 1 aromatic rings. The highest BCUT2D eigenvalue weighted by Crippen LogP contribution is 2.18. The molecule has 5 heteroatoms. The van der Waals surface area contributed by atoms with Crippen molar-refractivity contribution in [3.63, 3.8) is 0 Å². The van der Waals surface area contributed by atoms with E-state index in [1.54, 1.807) is 0 Å². The Kier molecular flexibility index (Phi) is 5.82. The maximum Gasteiger partial charge on any atom is 0.218 e. The molecule has 1 rings (SSSR count). The van der Waals surface area contributed by atoms with E-state index >= 15 is 0 Å². The first-order valence-electron chi connectivity index (χ1n) is 5.43. The molecule has 1 atom stereocenters. The molecule has 0 saturated carbocycles. The van der Waals surface area contributed by atoms with Crippen molar-refractivity contribution in [3.05, 3.63) is 9.47 Å². The molecule has 86 valence electrons. The van der Waals surface area contributed by atoms with Crippen LogP contribution in [0.15, 0.2) is 9.47 Å². The van der Waals surface area contributed by atoms with E-state index in [2.05, 4.69) is 55.8 Å². The van der Waals surface area contributed by atoms with Crippen LogP contribution in [0, 0.1) is 5.92 Å². The van der Waals surface area contributed by atoms with E-state index in [-0.39, 0.29) is 0 Å². The molecule has 0 unspecified atom stereocenters. The molecule has 0 radical (unpaired) electrons. The molecule has 0 bridgehead atoms. The number of hydrogen-bond donors (Lipinski definition) is 0. The van der Waals surface area contributed by atoms with Crippen LogP contribution in [0.1, 0.15) is 39.5 Å². The summed E-state index contributed by atoms with van der Waals surface area (Å²) in [5.74, 6) is 0.704. The van der Waals surface area contributed by atoms with Gasteiger partial charge in [-0.15, -0.1) is 5.10 Å². The van der Waals surface area contributed by atoms with Crippen LogP contribution in [0.5, 0.6) is 0 Å². The molecule has 0 aliphatic heterocycles. The molecule has 0 saturated heterocycles. The second kappa shape index (κ2) is 6.63. The Hall–Kier alpha value is 0.1000. The fraction of sp³-hybridized carbons (Fsp3) is 0.800. The Morgan fingerprint density at radius 2 is 2.07 bits per heavy atom. The van der Waals surface area contributed by atoms with Gasteiger partial charge in [0.05, 0.1) is 0 Å². The van der Waals surface area contributed by atoms with Gasteiger partial charge in [-0.2, -0.15) is 4.98 Å². The summed E-state index contributed by atoms with van der Waals surface area (Å²) in [4.78, 5) is 4.16.